The molecule has 0 aliphatic carbocycles. The number of fused-ring (bicyclic) bond motifs is 1. The zero-order valence-electron chi connectivity index (χ0n) is 12.2. The Morgan fingerprint density at radius 2 is 2.12 bits per heavy atom. The second-order valence-electron chi connectivity index (χ2n) is 4.87. The highest BCUT2D eigenvalue weighted by Crippen LogP contribution is 2.25. The van der Waals surface area contributed by atoms with Crippen molar-refractivity contribution in [2.75, 3.05) is 5.75 Å². The molecule has 0 atom stereocenters. The van der Waals surface area contributed by atoms with E-state index in [4.69, 9.17) is 16.7 Å². The van der Waals surface area contributed by atoms with Gasteiger partial charge in [0.2, 0.25) is 0 Å². The minimum Gasteiger partial charge on any atom is -0.508 e. The highest BCUT2D eigenvalue weighted by Gasteiger charge is 2.08. The molecule has 0 saturated heterocycles. The maximum Gasteiger partial charge on any atom is 0.313 e. The van der Waals surface area contributed by atoms with Crippen molar-refractivity contribution in [1.82, 2.24) is 9.97 Å². The van der Waals surface area contributed by atoms with Crippen molar-refractivity contribution < 1.29 is 15.0 Å². The number of phenols is 1. The third-order valence-electron chi connectivity index (χ3n) is 3.07. The first kappa shape index (κ1) is 16.2. The summed E-state index contributed by atoms with van der Waals surface area (Å²) in [6.45, 7) is 0. The summed E-state index contributed by atoms with van der Waals surface area (Å²) in [4.78, 5) is 18.0. The van der Waals surface area contributed by atoms with Crippen molar-refractivity contribution in [2.45, 2.75) is 5.16 Å². The van der Waals surface area contributed by atoms with Crippen LogP contribution in [0.3, 0.4) is 0 Å². The van der Waals surface area contributed by atoms with E-state index in [1.807, 2.05) is 0 Å². The number of halogens is 1. The molecule has 0 bridgehead atoms. The number of carboxylic acids is 1. The van der Waals surface area contributed by atoms with Crippen LogP contribution in [0.5, 0.6) is 5.75 Å². The number of aromatic hydroxyl groups is 1. The maximum absolute atomic E-state index is 10.6. The van der Waals surface area contributed by atoms with Gasteiger partial charge in [0.05, 0.1) is 21.8 Å². The van der Waals surface area contributed by atoms with Gasteiger partial charge in [-0.25, -0.2) is 4.98 Å². The van der Waals surface area contributed by atoms with E-state index in [0.29, 0.717) is 26.8 Å². The van der Waals surface area contributed by atoms with E-state index in [2.05, 4.69) is 21.8 Å². The third-order valence-corrected chi connectivity index (χ3v) is 4.24. The number of thioether (sulfide) groups is 1. The second kappa shape index (κ2) is 6.87. The summed E-state index contributed by atoms with van der Waals surface area (Å²) in [5.41, 5.74) is 2.67. The van der Waals surface area contributed by atoms with E-state index in [1.54, 1.807) is 36.4 Å². The molecule has 0 fully saturated rings. The Labute approximate surface area is 146 Å². The number of aromatic amines is 1. The molecule has 120 valence electrons. The van der Waals surface area contributed by atoms with E-state index in [0.717, 1.165) is 17.3 Å². The number of hydrogen-bond acceptors (Lipinski definition) is 4. The molecule has 0 spiro atoms. The van der Waals surface area contributed by atoms with Gasteiger partial charge in [0.25, 0.3) is 0 Å². The Balaban J connectivity index is 1.92. The Kier molecular flexibility index (Phi) is 4.65. The van der Waals surface area contributed by atoms with E-state index >= 15 is 0 Å². The molecule has 0 amide bonds. The molecule has 3 rings (SSSR count). The first-order valence-corrected chi connectivity index (χ1v) is 8.22. The van der Waals surface area contributed by atoms with Crippen molar-refractivity contribution in [1.29, 1.82) is 0 Å². The molecule has 0 aliphatic rings. The average molecular weight is 359 g/mol. The Morgan fingerprint density at radius 3 is 2.88 bits per heavy atom. The number of nitrogens with one attached hydrogen (secondary N) is 1. The van der Waals surface area contributed by atoms with Crippen molar-refractivity contribution >= 4 is 40.4 Å². The van der Waals surface area contributed by atoms with E-state index in [9.17, 15) is 9.90 Å². The van der Waals surface area contributed by atoms with E-state index < -0.39 is 5.97 Å². The van der Waals surface area contributed by atoms with Gasteiger partial charge >= 0.3 is 5.97 Å². The number of rotatable bonds is 3. The second-order valence-corrected chi connectivity index (χ2v) is 6.25. The van der Waals surface area contributed by atoms with Crippen LogP contribution in [0.2, 0.25) is 5.02 Å². The minimum absolute atomic E-state index is 0.0717. The molecule has 3 N–H and O–H groups in total. The lowest BCUT2D eigenvalue weighted by Crippen LogP contribution is -1.97. The smallest absolute Gasteiger partial charge is 0.313 e. The van der Waals surface area contributed by atoms with Gasteiger partial charge in [-0.1, -0.05) is 41.3 Å². The summed E-state index contributed by atoms with van der Waals surface area (Å²) in [6, 6.07) is 10.1. The number of imidazole rings is 1. The molecule has 2 aromatic carbocycles. The summed E-state index contributed by atoms with van der Waals surface area (Å²) in [5, 5.41) is 19.1. The monoisotopic (exact) mass is 358 g/mol. The van der Waals surface area contributed by atoms with Crippen LogP contribution in [0.1, 0.15) is 11.1 Å². The molecule has 1 aromatic heterocycles. The van der Waals surface area contributed by atoms with Gasteiger partial charge in [0.15, 0.2) is 5.16 Å². The normalized spacial score (nSPS) is 10.4. The van der Waals surface area contributed by atoms with Crippen LogP contribution < -0.4 is 0 Å². The molecule has 1 heterocycles. The predicted molar refractivity (Wildman–Crippen MR) is 93.6 cm³/mol. The summed E-state index contributed by atoms with van der Waals surface area (Å²) in [7, 11) is 0. The first-order chi connectivity index (χ1) is 11.5. The molecule has 0 saturated carbocycles. The highest BCUT2D eigenvalue weighted by molar-refractivity contribution is 7.99. The van der Waals surface area contributed by atoms with Gasteiger partial charge in [0.1, 0.15) is 5.75 Å². The molecule has 3 aromatic rings. The zero-order chi connectivity index (χ0) is 17.1. The standard InChI is InChI=1S/C17H11ClN2O3S/c18-13-8-15-14(19-17(20-15)24-9-16(22)23)7-11(13)5-4-10-2-1-3-12(21)6-10/h1-3,6-8,21H,9H2,(H,19,20)(H,22,23). The SMILES string of the molecule is O=C(O)CSc1nc2cc(Cl)c(C#Cc3cccc(O)c3)cc2[nH]1. The zero-order valence-corrected chi connectivity index (χ0v) is 13.8. The van der Waals surface area contributed by atoms with Crippen LogP contribution in [-0.2, 0) is 4.79 Å². The molecule has 5 nitrogen and oxygen atoms in total. The topological polar surface area (TPSA) is 86.2 Å². The number of nitrogens with zero attached hydrogens (tertiary/aromatic N) is 1. The number of aromatic nitrogens is 2. The van der Waals surface area contributed by atoms with E-state index in [1.165, 1.54) is 0 Å². The molecular formula is C17H11ClN2O3S. The first-order valence-electron chi connectivity index (χ1n) is 6.86. The Bertz CT molecular complexity index is 988. The van der Waals surface area contributed by atoms with Crippen molar-refractivity contribution in [2.24, 2.45) is 0 Å². The van der Waals surface area contributed by atoms with Gasteiger partial charge in [-0.2, -0.15) is 0 Å². The molecule has 0 aliphatic heterocycles. The number of H-pyrrole nitrogens is 1. The van der Waals surface area contributed by atoms with Gasteiger partial charge < -0.3 is 15.2 Å². The number of hydrogen-bond donors (Lipinski definition) is 3. The predicted octanol–water partition coefficient (Wildman–Crippen LogP) is 3.50. The number of aliphatic carboxylic acids is 1. The number of carbonyl (C=O) groups is 1. The fourth-order valence-electron chi connectivity index (χ4n) is 2.03. The van der Waals surface area contributed by atoms with E-state index in [-0.39, 0.29) is 11.5 Å². The van der Waals surface area contributed by atoms with Crippen molar-refractivity contribution in [3.8, 4) is 17.6 Å². The number of carboxylic acid groups (broad SMARTS) is 1. The number of benzene rings is 2. The lowest BCUT2D eigenvalue weighted by molar-refractivity contribution is -0.133. The molecule has 0 radical (unpaired) electrons. The maximum atomic E-state index is 10.6. The molecule has 24 heavy (non-hydrogen) atoms. The molecule has 0 unspecified atom stereocenters. The van der Waals surface area contributed by atoms with Crippen LogP contribution >= 0.6 is 23.4 Å². The van der Waals surface area contributed by atoms with Crippen LogP contribution in [0.4, 0.5) is 0 Å². The highest BCUT2D eigenvalue weighted by atomic mass is 35.5. The lowest BCUT2D eigenvalue weighted by atomic mass is 10.1. The van der Waals surface area contributed by atoms with Gasteiger partial charge in [-0.05, 0) is 30.3 Å². The lowest BCUT2D eigenvalue weighted by Gasteiger charge is -1.96. The fraction of sp³-hybridized carbons (Fsp3) is 0.0588. The quantitative estimate of drug-likeness (QED) is 0.493. The van der Waals surface area contributed by atoms with Crippen LogP contribution in [0.25, 0.3) is 11.0 Å². The molecular weight excluding hydrogens is 348 g/mol. The van der Waals surface area contributed by atoms with Gasteiger partial charge in [-0.3, -0.25) is 4.79 Å². The van der Waals surface area contributed by atoms with Crippen LogP contribution in [-0.4, -0.2) is 31.9 Å². The largest absolute Gasteiger partial charge is 0.508 e. The van der Waals surface area contributed by atoms with Crippen LogP contribution in [0.15, 0.2) is 41.6 Å². The summed E-state index contributed by atoms with van der Waals surface area (Å²) in [6.07, 6.45) is 0. The average Bonchev–Trinajstić information content (AvgIpc) is 2.92. The Morgan fingerprint density at radius 1 is 1.29 bits per heavy atom. The van der Waals surface area contributed by atoms with Crippen molar-refractivity contribution in [3.05, 3.63) is 52.5 Å². The van der Waals surface area contributed by atoms with Gasteiger partial charge in [0, 0.05) is 11.1 Å². The Hall–Kier alpha value is -2.62. The summed E-state index contributed by atoms with van der Waals surface area (Å²) >= 11 is 7.34. The third kappa shape index (κ3) is 3.82. The molecule has 7 heteroatoms. The summed E-state index contributed by atoms with van der Waals surface area (Å²) in [5.74, 6) is 5.08. The van der Waals surface area contributed by atoms with Crippen LogP contribution in [0, 0.1) is 11.8 Å². The minimum atomic E-state index is -0.906. The fourth-order valence-corrected chi connectivity index (χ4v) is 2.84. The summed E-state index contributed by atoms with van der Waals surface area (Å²) < 4.78 is 0. The number of phenolic OH excluding ortho intramolecular Hbond substituents is 1. The van der Waals surface area contributed by atoms with Crippen molar-refractivity contribution in [3.63, 3.8) is 0 Å². The van der Waals surface area contributed by atoms with Gasteiger partial charge in [-0.15, -0.1) is 0 Å².